The molecule has 1 atom stereocenters. The van der Waals surface area contributed by atoms with Gasteiger partial charge in [-0.3, -0.25) is 19.0 Å². The maximum Gasteiger partial charge on any atom is 0.409 e. The fourth-order valence-corrected chi connectivity index (χ4v) is 3.51. The molecule has 0 radical (unpaired) electrons. The summed E-state index contributed by atoms with van der Waals surface area (Å²) >= 11 is 0. The zero-order chi connectivity index (χ0) is 24.3. The molecule has 1 aliphatic heterocycles. The number of carboxylic acids is 1. The minimum absolute atomic E-state index is 0.0826. The lowest BCUT2D eigenvalue weighted by Gasteiger charge is -2.35. The zero-order valence-electron chi connectivity index (χ0n) is 18.9. The number of aromatic carboxylic acids is 1. The Labute approximate surface area is 189 Å². The molecule has 0 aliphatic carbocycles. The predicted octanol–water partition coefficient (Wildman–Crippen LogP) is 0.737. The van der Waals surface area contributed by atoms with Crippen molar-refractivity contribution in [1.82, 2.24) is 29.4 Å². The predicted molar refractivity (Wildman–Crippen MR) is 115 cm³/mol. The second-order valence-corrected chi connectivity index (χ2v) is 7.62. The molecular formula is C20H27N7O6. The molecule has 2 aromatic rings. The van der Waals surface area contributed by atoms with E-state index in [9.17, 15) is 24.3 Å². The average molecular weight is 461 g/mol. The topological polar surface area (TPSA) is 152 Å². The summed E-state index contributed by atoms with van der Waals surface area (Å²) in [5.41, 5.74) is 0.383. The summed E-state index contributed by atoms with van der Waals surface area (Å²) in [6.07, 6.45) is 2.46. The number of carbonyl (C=O) groups excluding carboxylic acids is 3. The van der Waals surface area contributed by atoms with Crippen LogP contribution in [0.1, 0.15) is 46.4 Å². The number of nitrogens with zero attached hydrogens (tertiary/aromatic N) is 6. The van der Waals surface area contributed by atoms with E-state index in [4.69, 9.17) is 4.74 Å². The summed E-state index contributed by atoms with van der Waals surface area (Å²) in [6, 6.07) is -0.642. The van der Waals surface area contributed by atoms with Crippen molar-refractivity contribution in [3.05, 3.63) is 29.3 Å². The van der Waals surface area contributed by atoms with E-state index in [2.05, 4.69) is 15.5 Å². The number of piperazine rings is 1. The molecule has 1 unspecified atom stereocenters. The van der Waals surface area contributed by atoms with Crippen LogP contribution >= 0.6 is 0 Å². The Balaban J connectivity index is 1.66. The van der Waals surface area contributed by atoms with Gasteiger partial charge in [0.25, 0.3) is 5.91 Å². The van der Waals surface area contributed by atoms with Crippen LogP contribution < -0.4 is 5.32 Å². The molecule has 1 saturated heterocycles. The van der Waals surface area contributed by atoms with Gasteiger partial charge in [-0.2, -0.15) is 10.2 Å². The molecule has 33 heavy (non-hydrogen) atoms. The second-order valence-electron chi connectivity index (χ2n) is 7.62. The third kappa shape index (κ3) is 5.13. The van der Waals surface area contributed by atoms with Gasteiger partial charge in [-0.25, -0.2) is 9.59 Å². The number of carbonyl (C=O) groups is 4. The molecular weight excluding hydrogens is 434 g/mol. The fourth-order valence-electron chi connectivity index (χ4n) is 3.51. The van der Waals surface area contributed by atoms with E-state index in [0.717, 1.165) is 0 Å². The van der Waals surface area contributed by atoms with Crippen molar-refractivity contribution in [3.63, 3.8) is 0 Å². The fraction of sp³-hybridized carbons (Fsp3) is 0.500. The number of carboxylic acid groups (broad SMARTS) is 1. The van der Waals surface area contributed by atoms with E-state index in [1.54, 1.807) is 30.6 Å². The third-order valence-electron chi connectivity index (χ3n) is 5.31. The summed E-state index contributed by atoms with van der Waals surface area (Å²) in [5, 5.41) is 20.0. The largest absolute Gasteiger partial charge is 0.476 e. The minimum Gasteiger partial charge on any atom is -0.476 e. The van der Waals surface area contributed by atoms with Gasteiger partial charge in [0.15, 0.2) is 5.69 Å². The molecule has 0 saturated carbocycles. The normalized spacial score (nSPS) is 14.7. The molecule has 178 valence electrons. The van der Waals surface area contributed by atoms with E-state index in [-0.39, 0.29) is 23.3 Å². The van der Waals surface area contributed by atoms with Crippen LogP contribution in [0.4, 0.5) is 10.5 Å². The number of amides is 3. The van der Waals surface area contributed by atoms with E-state index in [1.807, 2.05) is 0 Å². The van der Waals surface area contributed by atoms with Crippen LogP contribution in [0.3, 0.4) is 0 Å². The smallest absolute Gasteiger partial charge is 0.409 e. The first-order valence-corrected chi connectivity index (χ1v) is 10.5. The molecule has 2 aromatic heterocycles. The molecule has 1 aliphatic rings. The lowest BCUT2D eigenvalue weighted by atomic mass is 10.2. The Hall–Kier alpha value is -3.90. The summed E-state index contributed by atoms with van der Waals surface area (Å²) in [6.45, 7) is 6.93. The highest BCUT2D eigenvalue weighted by atomic mass is 16.6. The van der Waals surface area contributed by atoms with Crippen molar-refractivity contribution < 1.29 is 29.0 Å². The molecule has 0 bridgehead atoms. The highest BCUT2D eigenvalue weighted by Crippen LogP contribution is 2.20. The Morgan fingerprint density at radius 1 is 1.12 bits per heavy atom. The minimum atomic E-state index is -1.31. The molecule has 3 rings (SSSR count). The van der Waals surface area contributed by atoms with Crippen LogP contribution in [-0.4, -0.2) is 91.1 Å². The summed E-state index contributed by atoms with van der Waals surface area (Å²) in [5.74, 6) is -2.12. The lowest BCUT2D eigenvalue weighted by molar-refractivity contribution is -0.136. The number of aromatic nitrogens is 4. The first kappa shape index (κ1) is 23.8. The van der Waals surface area contributed by atoms with Gasteiger partial charge in [-0.1, -0.05) is 0 Å². The number of aryl methyl sites for hydroxylation is 2. The van der Waals surface area contributed by atoms with Gasteiger partial charge >= 0.3 is 12.1 Å². The van der Waals surface area contributed by atoms with Crippen molar-refractivity contribution >= 4 is 29.6 Å². The first-order chi connectivity index (χ1) is 15.6. The van der Waals surface area contributed by atoms with Crippen molar-refractivity contribution in [1.29, 1.82) is 0 Å². The number of hydrogen-bond donors (Lipinski definition) is 2. The highest BCUT2D eigenvalue weighted by Gasteiger charge is 2.29. The van der Waals surface area contributed by atoms with Gasteiger partial charge in [-0.05, 0) is 20.8 Å². The monoisotopic (exact) mass is 461 g/mol. The van der Waals surface area contributed by atoms with Crippen LogP contribution in [0.25, 0.3) is 0 Å². The number of hydrogen-bond acceptors (Lipinski definition) is 7. The summed E-state index contributed by atoms with van der Waals surface area (Å²) < 4.78 is 7.69. The molecule has 3 amide bonds. The quantitative estimate of drug-likeness (QED) is 0.639. The van der Waals surface area contributed by atoms with Crippen molar-refractivity contribution in [3.8, 4) is 0 Å². The van der Waals surface area contributed by atoms with Gasteiger partial charge in [-0.15, -0.1) is 0 Å². The molecule has 13 nitrogen and oxygen atoms in total. The van der Waals surface area contributed by atoms with Gasteiger partial charge < -0.3 is 25.0 Å². The van der Waals surface area contributed by atoms with Crippen LogP contribution in [0.5, 0.6) is 0 Å². The number of ether oxygens (including phenoxy) is 1. The van der Waals surface area contributed by atoms with Crippen molar-refractivity contribution in [2.45, 2.75) is 26.8 Å². The Morgan fingerprint density at radius 2 is 1.76 bits per heavy atom. The van der Waals surface area contributed by atoms with Crippen LogP contribution in [0.2, 0.25) is 0 Å². The van der Waals surface area contributed by atoms with Gasteiger partial charge in [0, 0.05) is 45.6 Å². The highest BCUT2D eigenvalue weighted by molar-refractivity contribution is 6.10. The van der Waals surface area contributed by atoms with E-state index >= 15 is 0 Å². The third-order valence-corrected chi connectivity index (χ3v) is 5.31. The Bertz CT molecular complexity index is 1070. The summed E-state index contributed by atoms with van der Waals surface area (Å²) in [4.78, 5) is 51.9. The van der Waals surface area contributed by atoms with Crippen LogP contribution in [0.15, 0.2) is 12.4 Å². The maximum atomic E-state index is 13.0. The zero-order valence-corrected chi connectivity index (χ0v) is 18.9. The van der Waals surface area contributed by atoms with E-state index in [1.165, 1.54) is 28.8 Å². The lowest BCUT2D eigenvalue weighted by Crippen LogP contribution is -2.52. The van der Waals surface area contributed by atoms with E-state index < -0.39 is 17.9 Å². The molecule has 0 spiro atoms. The standard InChI is InChI=1S/C20H27N7O6/c1-5-33-20(32)26-8-6-25(7-9-26)18(29)13(3)27-11-15(12(2)22-27)21-17(28)14-10-24(4)23-16(14)19(30)31/h10-11,13H,5-9H2,1-4H3,(H,21,28)(H,30,31). The average Bonchev–Trinajstić information content (AvgIpc) is 3.36. The van der Waals surface area contributed by atoms with Crippen LogP contribution in [-0.2, 0) is 16.6 Å². The van der Waals surface area contributed by atoms with E-state index in [0.29, 0.717) is 44.2 Å². The number of rotatable bonds is 6. The summed E-state index contributed by atoms with van der Waals surface area (Å²) in [7, 11) is 1.52. The van der Waals surface area contributed by atoms with Gasteiger partial charge in [0.2, 0.25) is 5.91 Å². The maximum absolute atomic E-state index is 13.0. The second kappa shape index (κ2) is 9.71. The Kier molecular flexibility index (Phi) is 6.99. The molecule has 1 fully saturated rings. The molecule has 13 heteroatoms. The van der Waals surface area contributed by atoms with Gasteiger partial charge in [0.05, 0.1) is 23.6 Å². The van der Waals surface area contributed by atoms with Crippen molar-refractivity contribution in [2.75, 3.05) is 38.1 Å². The first-order valence-electron chi connectivity index (χ1n) is 10.5. The van der Waals surface area contributed by atoms with Crippen molar-refractivity contribution in [2.24, 2.45) is 7.05 Å². The number of nitrogens with one attached hydrogen (secondary N) is 1. The SMILES string of the molecule is CCOC(=O)N1CCN(C(=O)C(C)n2cc(NC(=O)c3cn(C)nc3C(=O)O)c(C)n2)CC1. The van der Waals surface area contributed by atoms with Gasteiger partial charge in [0.1, 0.15) is 6.04 Å². The molecule has 3 heterocycles. The Morgan fingerprint density at radius 3 is 2.36 bits per heavy atom. The molecule has 0 aromatic carbocycles. The molecule has 2 N–H and O–H groups in total. The number of anilines is 1. The van der Waals surface area contributed by atoms with Crippen LogP contribution in [0, 0.1) is 6.92 Å².